The van der Waals surface area contributed by atoms with E-state index in [1.54, 1.807) is 0 Å². The molecule has 0 fully saturated rings. The molecular formula is C24H32N2. The number of hydrogen-bond donors (Lipinski definition) is 0. The van der Waals surface area contributed by atoms with E-state index < -0.39 is 0 Å². The van der Waals surface area contributed by atoms with Crippen LogP contribution in [0.4, 0.5) is 0 Å². The van der Waals surface area contributed by atoms with Gasteiger partial charge in [-0.1, -0.05) is 41.5 Å². The highest BCUT2D eigenvalue weighted by atomic mass is 14.8. The van der Waals surface area contributed by atoms with Gasteiger partial charge in [0.25, 0.3) is 0 Å². The molecule has 0 aliphatic rings. The molecule has 0 saturated heterocycles. The minimum Gasteiger partial charge on any atom is -0.250 e. The Morgan fingerprint density at radius 1 is 0.538 bits per heavy atom. The molecule has 1 aromatic carbocycles. The third-order valence-electron chi connectivity index (χ3n) is 5.76. The predicted octanol–water partition coefficient (Wildman–Crippen LogP) is 6.16. The second-order valence-corrected chi connectivity index (χ2v) is 7.06. The lowest BCUT2D eigenvalue weighted by atomic mass is 9.90. The number of hydrogen-bond acceptors (Lipinski definition) is 2. The minimum atomic E-state index is 0.977. The molecule has 0 saturated carbocycles. The summed E-state index contributed by atoms with van der Waals surface area (Å²) in [7, 11) is 0. The van der Waals surface area contributed by atoms with Crippen LogP contribution in [0.15, 0.2) is 12.1 Å². The van der Waals surface area contributed by atoms with Crippen LogP contribution in [-0.2, 0) is 38.5 Å². The summed E-state index contributed by atoms with van der Waals surface area (Å²) < 4.78 is 0. The van der Waals surface area contributed by atoms with E-state index in [1.165, 1.54) is 44.4 Å². The van der Waals surface area contributed by atoms with Gasteiger partial charge in [0.2, 0.25) is 0 Å². The highest BCUT2D eigenvalue weighted by Gasteiger charge is 2.18. The fraction of sp³-hybridized carbons (Fsp3) is 0.500. The van der Waals surface area contributed by atoms with Gasteiger partial charge in [-0.05, 0) is 72.9 Å². The van der Waals surface area contributed by atoms with Crippen LogP contribution in [-0.4, -0.2) is 9.97 Å². The molecule has 2 aromatic heterocycles. The van der Waals surface area contributed by atoms with E-state index in [0.717, 1.165) is 49.6 Å². The van der Waals surface area contributed by atoms with E-state index in [0.29, 0.717) is 0 Å². The summed E-state index contributed by atoms with van der Waals surface area (Å²) >= 11 is 0. The second kappa shape index (κ2) is 7.73. The molecule has 2 heterocycles. The molecule has 2 nitrogen and oxygen atoms in total. The zero-order valence-electron chi connectivity index (χ0n) is 17.3. The van der Waals surface area contributed by atoms with E-state index in [1.807, 2.05) is 0 Å². The largest absolute Gasteiger partial charge is 0.250 e. The normalized spacial score (nSPS) is 11.6. The zero-order valence-corrected chi connectivity index (χ0v) is 17.3. The van der Waals surface area contributed by atoms with Crippen molar-refractivity contribution >= 4 is 21.8 Å². The molecule has 0 N–H and O–H groups in total. The van der Waals surface area contributed by atoms with Gasteiger partial charge >= 0.3 is 0 Å². The van der Waals surface area contributed by atoms with Gasteiger partial charge in [-0.2, -0.15) is 0 Å². The Hall–Kier alpha value is -1.96. The van der Waals surface area contributed by atoms with Crippen molar-refractivity contribution in [1.29, 1.82) is 0 Å². The number of rotatable bonds is 6. The lowest BCUT2D eigenvalue weighted by Gasteiger charge is -2.18. The number of fused-ring (bicyclic) bond motifs is 3. The molecule has 0 unspecified atom stereocenters. The Balaban J connectivity index is 2.56. The fourth-order valence-corrected chi connectivity index (χ4v) is 4.36. The maximum absolute atomic E-state index is 5.15. The summed E-state index contributed by atoms with van der Waals surface area (Å²) in [6, 6.07) is 4.80. The average Bonchev–Trinajstić information content (AvgIpc) is 2.70. The number of aryl methyl sites for hydroxylation is 6. The molecule has 0 aliphatic heterocycles. The first-order chi connectivity index (χ1) is 12.6. The average molecular weight is 349 g/mol. The van der Waals surface area contributed by atoms with E-state index >= 15 is 0 Å². The van der Waals surface area contributed by atoms with Crippen molar-refractivity contribution in [2.75, 3.05) is 0 Å². The van der Waals surface area contributed by atoms with Crippen molar-refractivity contribution in [3.8, 4) is 0 Å². The van der Waals surface area contributed by atoms with Gasteiger partial charge in [-0.15, -0.1) is 0 Å². The molecule has 0 amide bonds. The van der Waals surface area contributed by atoms with Crippen LogP contribution in [0.25, 0.3) is 21.8 Å². The van der Waals surface area contributed by atoms with Crippen LogP contribution in [0, 0.1) is 0 Å². The predicted molar refractivity (Wildman–Crippen MR) is 113 cm³/mol. The first-order valence-electron chi connectivity index (χ1n) is 10.4. The molecule has 2 heteroatoms. The van der Waals surface area contributed by atoms with Crippen LogP contribution >= 0.6 is 0 Å². The van der Waals surface area contributed by atoms with Crippen molar-refractivity contribution < 1.29 is 0 Å². The molecule has 0 atom stereocenters. The van der Waals surface area contributed by atoms with Crippen molar-refractivity contribution in [2.45, 2.75) is 80.1 Å². The molecule has 3 rings (SSSR count). The minimum absolute atomic E-state index is 0.977. The van der Waals surface area contributed by atoms with Crippen LogP contribution < -0.4 is 0 Å². The van der Waals surface area contributed by atoms with Crippen molar-refractivity contribution in [1.82, 2.24) is 9.97 Å². The summed E-state index contributed by atoms with van der Waals surface area (Å²) in [6.45, 7) is 13.4. The molecule has 0 radical (unpaired) electrons. The number of pyridine rings is 2. The molecule has 3 aromatic rings. The van der Waals surface area contributed by atoms with Gasteiger partial charge in [-0.25, -0.2) is 0 Å². The highest BCUT2D eigenvalue weighted by molar-refractivity contribution is 6.07. The van der Waals surface area contributed by atoms with Gasteiger partial charge in [-0.3, -0.25) is 9.97 Å². The molecule has 0 bridgehead atoms. The molecule has 26 heavy (non-hydrogen) atoms. The SMILES string of the molecule is CCc1cc2c(CC)c(CC)c3cc(CC)c(CC)nc3c2nc1CC. The quantitative estimate of drug-likeness (QED) is 0.499. The van der Waals surface area contributed by atoms with Crippen LogP contribution in [0.5, 0.6) is 0 Å². The summed E-state index contributed by atoms with van der Waals surface area (Å²) in [5, 5.41) is 2.65. The lowest BCUT2D eigenvalue weighted by Crippen LogP contribution is -2.05. The number of nitrogens with zero attached hydrogens (tertiary/aromatic N) is 2. The van der Waals surface area contributed by atoms with E-state index in [-0.39, 0.29) is 0 Å². The Morgan fingerprint density at radius 2 is 0.923 bits per heavy atom. The summed E-state index contributed by atoms with van der Waals surface area (Å²) in [4.78, 5) is 10.3. The standard InChI is InChI=1S/C24H32N2/c1-7-15-13-19-17(9-3)18(10-4)20-14-16(8-2)22(12-6)26-24(20)23(19)25-21(15)11-5/h13-14H,7-12H2,1-6H3. The van der Waals surface area contributed by atoms with Crippen molar-refractivity contribution in [3.63, 3.8) is 0 Å². The Labute approximate surface area is 158 Å². The first kappa shape index (κ1) is 18.8. The first-order valence-corrected chi connectivity index (χ1v) is 10.4. The van der Waals surface area contributed by atoms with Gasteiger partial charge in [0.05, 0.1) is 11.0 Å². The molecule has 0 spiro atoms. The Bertz CT molecular complexity index is 875. The van der Waals surface area contributed by atoms with Crippen molar-refractivity contribution in [2.24, 2.45) is 0 Å². The number of aromatic nitrogens is 2. The summed E-state index contributed by atoms with van der Waals surface area (Å²) in [5.74, 6) is 0. The van der Waals surface area contributed by atoms with Gasteiger partial charge in [0, 0.05) is 22.2 Å². The smallest absolute Gasteiger partial charge is 0.0971 e. The van der Waals surface area contributed by atoms with E-state index in [2.05, 4.69) is 53.7 Å². The third-order valence-corrected chi connectivity index (χ3v) is 5.76. The van der Waals surface area contributed by atoms with Crippen LogP contribution in [0.1, 0.15) is 75.2 Å². The van der Waals surface area contributed by atoms with Crippen LogP contribution in [0.3, 0.4) is 0 Å². The van der Waals surface area contributed by atoms with E-state index in [4.69, 9.17) is 9.97 Å². The zero-order chi connectivity index (χ0) is 18.8. The summed E-state index contributed by atoms with van der Waals surface area (Å²) in [6.07, 6.45) is 6.12. The second-order valence-electron chi connectivity index (χ2n) is 7.06. The Morgan fingerprint density at radius 3 is 1.19 bits per heavy atom. The highest BCUT2D eigenvalue weighted by Crippen LogP contribution is 2.34. The van der Waals surface area contributed by atoms with E-state index in [9.17, 15) is 0 Å². The maximum atomic E-state index is 5.15. The van der Waals surface area contributed by atoms with Crippen molar-refractivity contribution in [3.05, 3.63) is 45.8 Å². The van der Waals surface area contributed by atoms with Crippen LogP contribution in [0.2, 0.25) is 0 Å². The molecule has 0 aliphatic carbocycles. The molecular weight excluding hydrogens is 316 g/mol. The molecule has 138 valence electrons. The fourth-order valence-electron chi connectivity index (χ4n) is 4.36. The van der Waals surface area contributed by atoms with Gasteiger partial charge in [0.1, 0.15) is 0 Å². The van der Waals surface area contributed by atoms with Gasteiger partial charge < -0.3 is 0 Å². The number of benzene rings is 1. The monoisotopic (exact) mass is 348 g/mol. The maximum Gasteiger partial charge on any atom is 0.0971 e. The third kappa shape index (κ3) is 2.90. The summed E-state index contributed by atoms with van der Waals surface area (Å²) in [5.41, 5.74) is 10.4. The van der Waals surface area contributed by atoms with Gasteiger partial charge in [0.15, 0.2) is 0 Å². The lowest BCUT2D eigenvalue weighted by molar-refractivity contribution is 0.967. The Kier molecular flexibility index (Phi) is 5.60. The topological polar surface area (TPSA) is 25.8 Å².